The lowest BCUT2D eigenvalue weighted by molar-refractivity contribution is -0.111. The molecule has 1 saturated heterocycles. The standard InChI is InChI=1S/C22H26ClN3O2/c1-3-28-21-16-19(26-13-11-25(2)12-14-26)8-9-20(21)24-22(27)10-7-17-5-4-6-18(23)15-17/h4-10,15-16H,3,11-14H2,1-2H3,(H,24,27). The zero-order valence-electron chi connectivity index (χ0n) is 16.3. The normalized spacial score (nSPS) is 15.0. The topological polar surface area (TPSA) is 44.8 Å². The highest BCUT2D eigenvalue weighted by Gasteiger charge is 2.16. The van der Waals surface area contributed by atoms with Crippen LogP contribution in [-0.2, 0) is 4.79 Å². The van der Waals surface area contributed by atoms with Crippen molar-refractivity contribution >= 4 is 35.0 Å². The monoisotopic (exact) mass is 399 g/mol. The Hall–Kier alpha value is -2.50. The van der Waals surface area contributed by atoms with E-state index in [1.807, 2.05) is 43.3 Å². The van der Waals surface area contributed by atoms with Crippen LogP contribution < -0.4 is 15.0 Å². The second kappa shape index (κ2) is 9.62. The van der Waals surface area contributed by atoms with Gasteiger partial charge in [0.1, 0.15) is 5.75 Å². The summed E-state index contributed by atoms with van der Waals surface area (Å²) in [7, 11) is 2.14. The highest BCUT2D eigenvalue weighted by atomic mass is 35.5. The first kappa shape index (κ1) is 20.2. The smallest absolute Gasteiger partial charge is 0.248 e. The number of amides is 1. The molecule has 0 atom stereocenters. The van der Waals surface area contributed by atoms with Crippen molar-refractivity contribution in [3.05, 3.63) is 59.1 Å². The van der Waals surface area contributed by atoms with Gasteiger partial charge in [-0.25, -0.2) is 0 Å². The lowest BCUT2D eigenvalue weighted by Gasteiger charge is -2.34. The number of ether oxygens (including phenoxy) is 1. The molecule has 148 valence electrons. The Balaban J connectivity index is 1.70. The predicted molar refractivity (Wildman–Crippen MR) is 116 cm³/mol. The lowest BCUT2D eigenvalue weighted by Crippen LogP contribution is -2.44. The molecule has 1 aliphatic rings. The van der Waals surface area contributed by atoms with Gasteiger partial charge in [-0.05, 0) is 49.9 Å². The summed E-state index contributed by atoms with van der Waals surface area (Å²) < 4.78 is 5.78. The van der Waals surface area contributed by atoms with Gasteiger partial charge in [0.2, 0.25) is 5.91 Å². The Bertz CT molecular complexity index is 845. The highest BCUT2D eigenvalue weighted by Crippen LogP contribution is 2.30. The van der Waals surface area contributed by atoms with Crippen molar-refractivity contribution < 1.29 is 9.53 Å². The molecule has 5 nitrogen and oxygen atoms in total. The van der Waals surface area contributed by atoms with Gasteiger partial charge < -0.3 is 19.9 Å². The number of hydrogen-bond acceptors (Lipinski definition) is 4. The van der Waals surface area contributed by atoms with Gasteiger partial charge in [-0.3, -0.25) is 4.79 Å². The first-order chi connectivity index (χ1) is 13.5. The van der Waals surface area contributed by atoms with Gasteiger partial charge in [-0.15, -0.1) is 0 Å². The minimum absolute atomic E-state index is 0.215. The Kier molecular flexibility index (Phi) is 6.95. The molecule has 0 spiro atoms. The van der Waals surface area contributed by atoms with Gasteiger partial charge in [-0.1, -0.05) is 23.7 Å². The van der Waals surface area contributed by atoms with E-state index >= 15 is 0 Å². The summed E-state index contributed by atoms with van der Waals surface area (Å²) in [5.74, 6) is 0.469. The second-order valence-corrected chi connectivity index (χ2v) is 7.22. The van der Waals surface area contributed by atoms with E-state index in [0.717, 1.165) is 37.4 Å². The Morgan fingerprint density at radius 3 is 2.68 bits per heavy atom. The number of anilines is 2. The largest absolute Gasteiger partial charge is 0.492 e. The van der Waals surface area contributed by atoms with E-state index in [-0.39, 0.29) is 5.91 Å². The van der Waals surface area contributed by atoms with E-state index in [1.165, 1.54) is 6.08 Å². The SMILES string of the molecule is CCOc1cc(N2CCN(C)CC2)ccc1NC(=O)C=Cc1cccc(Cl)c1. The van der Waals surface area contributed by atoms with Crippen molar-refractivity contribution in [3.8, 4) is 5.75 Å². The molecule has 2 aromatic rings. The predicted octanol–water partition coefficient (Wildman–Crippen LogP) is 4.14. The number of halogens is 1. The average Bonchev–Trinajstić information content (AvgIpc) is 2.69. The third-order valence-electron chi connectivity index (χ3n) is 4.67. The molecule has 0 aliphatic carbocycles. The fraction of sp³-hybridized carbons (Fsp3) is 0.318. The minimum Gasteiger partial charge on any atom is -0.492 e. The van der Waals surface area contributed by atoms with Gasteiger partial charge in [-0.2, -0.15) is 0 Å². The maximum atomic E-state index is 12.3. The van der Waals surface area contributed by atoms with Gasteiger partial charge in [0.05, 0.1) is 12.3 Å². The van der Waals surface area contributed by atoms with E-state index in [2.05, 4.69) is 22.2 Å². The number of likely N-dealkylation sites (N-methyl/N-ethyl adjacent to an activating group) is 1. The van der Waals surface area contributed by atoms with Crippen molar-refractivity contribution in [2.75, 3.05) is 50.1 Å². The van der Waals surface area contributed by atoms with Crippen molar-refractivity contribution in [3.63, 3.8) is 0 Å². The summed E-state index contributed by atoms with van der Waals surface area (Å²) in [6.45, 7) is 6.51. The zero-order chi connectivity index (χ0) is 19.9. The molecule has 0 radical (unpaired) electrons. The van der Waals surface area contributed by atoms with Crippen molar-refractivity contribution in [1.82, 2.24) is 4.90 Å². The van der Waals surface area contributed by atoms with Crippen LogP contribution in [0.3, 0.4) is 0 Å². The molecule has 3 rings (SSSR count). The lowest BCUT2D eigenvalue weighted by atomic mass is 10.2. The minimum atomic E-state index is -0.215. The van der Waals surface area contributed by atoms with Crippen molar-refractivity contribution in [2.45, 2.75) is 6.92 Å². The molecule has 0 aromatic heterocycles. The number of carbonyl (C=O) groups is 1. The van der Waals surface area contributed by atoms with Gasteiger partial charge >= 0.3 is 0 Å². The van der Waals surface area contributed by atoms with Gasteiger partial charge in [0.25, 0.3) is 0 Å². The van der Waals surface area contributed by atoms with Crippen LogP contribution in [0.4, 0.5) is 11.4 Å². The van der Waals surface area contributed by atoms with Crippen LogP contribution in [0.15, 0.2) is 48.5 Å². The van der Waals surface area contributed by atoms with Crippen LogP contribution >= 0.6 is 11.6 Å². The van der Waals surface area contributed by atoms with E-state index in [9.17, 15) is 4.79 Å². The molecule has 2 aromatic carbocycles. The number of nitrogens with zero attached hydrogens (tertiary/aromatic N) is 2. The second-order valence-electron chi connectivity index (χ2n) is 6.78. The summed E-state index contributed by atoms with van der Waals surface area (Å²) in [5, 5.41) is 3.55. The van der Waals surface area contributed by atoms with Crippen LogP contribution in [0, 0.1) is 0 Å². The molecule has 1 heterocycles. The average molecular weight is 400 g/mol. The molecular formula is C22H26ClN3O2. The van der Waals surface area contributed by atoms with Gasteiger partial charge in [0, 0.05) is 49.0 Å². The third kappa shape index (κ3) is 5.50. The molecule has 1 aliphatic heterocycles. The summed E-state index contributed by atoms with van der Waals surface area (Å²) in [5.41, 5.74) is 2.66. The fourth-order valence-electron chi connectivity index (χ4n) is 3.11. The number of piperazine rings is 1. The Morgan fingerprint density at radius 1 is 1.18 bits per heavy atom. The van der Waals surface area contributed by atoms with Crippen LogP contribution in [0.2, 0.25) is 5.02 Å². The van der Waals surface area contributed by atoms with E-state index in [0.29, 0.717) is 23.1 Å². The van der Waals surface area contributed by atoms with E-state index in [4.69, 9.17) is 16.3 Å². The Morgan fingerprint density at radius 2 is 1.96 bits per heavy atom. The maximum Gasteiger partial charge on any atom is 0.248 e. The number of hydrogen-bond donors (Lipinski definition) is 1. The third-order valence-corrected chi connectivity index (χ3v) is 4.90. The molecule has 0 saturated carbocycles. The number of nitrogens with one attached hydrogen (secondary N) is 1. The fourth-order valence-corrected chi connectivity index (χ4v) is 3.31. The molecule has 0 unspecified atom stereocenters. The first-order valence-electron chi connectivity index (χ1n) is 9.50. The number of rotatable bonds is 6. The molecular weight excluding hydrogens is 374 g/mol. The summed E-state index contributed by atoms with van der Waals surface area (Å²) in [6, 6.07) is 13.3. The van der Waals surface area contributed by atoms with E-state index < -0.39 is 0 Å². The number of benzene rings is 2. The molecule has 1 N–H and O–H groups in total. The first-order valence-corrected chi connectivity index (χ1v) is 9.88. The Labute approximate surface area is 171 Å². The number of carbonyl (C=O) groups excluding carboxylic acids is 1. The maximum absolute atomic E-state index is 12.3. The molecule has 1 fully saturated rings. The van der Waals surface area contributed by atoms with Crippen molar-refractivity contribution in [2.24, 2.45) is 0 Å². The van der Waals surface area contributed by atoms with Crippen LogP contribution in [-0.4, -0.2) is 50.6 Å². The quantitative estimate of drug-likeness (QED) is 0.741. The van der Waals surface area contributed by atoms with Gasteiger partial charge in [0.15, 0.2) is 0 Å². The summed E-state index contributed by atoms with van der Waals surface area (Å²) >= 11 is 5.97. The van der Waals surface area contributed by atoms with Crippen LogP contribution in [0.1, 0.15) is 12.5 Å². The van der Waals surface area contributed by atoms with Crippen molar-refractivity contribution in [1.29, 1.82) is 0 Å². The molecule has 1 amide bonds. The molecule has 28 heavy (non-hydrogen) atoms. The highest BCUT2D eigenvalue weighted by molar-refractivity contribution is 6.30. The molecule has 6 heteroatoms. The zero-order valence-corrected chi connectivity index (χ0v) is 17.1. The summed E-state index contributed by atoms with van der Waals surface area (Å²) in [4.78, 5) is 17.0. The molecule has 0 bridgehead atoms. The van der Waals surface area contributed by atoms with E-state index in [1.54, 1.807) is 12.1 Å². The van der Waals surface area contributed by atoms with Crippen LogP contribution in [0.5, 0.6) is 5.75 Å². The van der Waals surface area contributed by atoms with Crippen LogP contribution in [0.25, 0.3) is 6.08 Å². The summed E-state index contributed by atoms with van der Waals surface area (Å²) in [6.07, 6.45) is 3.23.